The van der Waals surface area contributed by atoms with E-state index in [0.717, 1.165) is 19.3 Å². The first-order valence-electron chi connectivity index (χ1n) is 10.1. The summed E-state index contributed by atoms with van der Waals surface area (Å²) in [6.45, 7) is -0.250. The Bertz CT molecular complexity index is 890. The highest BCUT2D eigenvalue weighted by molar-refractivity contribution is 7.89. The van der Waals surface area contributed by atoms with Crippen molar-refractivity contribution in [2.24, 2.45) is 23.2 Å². The van der Waals surface area contributed by atoms with Gasteiger partial charge in [0.1, 0.15) is 0 Å². The molecule has 0 spiro atoms. The van der Waals surface area contributed by atoms with Gasteiger partial charge < -0.3 is 4.74 Å². The van der Waals surface area contributed by atoms with E-state index >= 15 is 0 Å². The van der Waals surface area contributed by atoms with Gasteiger partial charge in [0.2, 0.25) is 0 Å². The zero-order valence-electron chi connectivity index (χ0n) is 16.8. The number of Topliss-reactive ketones (excluding diaryl/α,β-unsaturated/α-hetero) is 1. The highest BCUT2D eigenvalue weighted by Gasteiger charge is 2.54. The summed E-state index contributed by atoms with van der Waals surface area (Å²) in [7, 11) is -1.36. The van der Waals surface area contributed by atoms with Crippen molar-refractivity contribution in [3.05, 3.63) is 29.8 Å². The van der Waals surface area contributed by atoms with Gasteiger partial charge in [-0.2, -0.15) is 0 Å². The van der Waals surface area contributed by atoms with Gasteiger partial charge in [0.05, 0.1) is 17.6 Å². The Morgan fingerprint density at radius 2 is 1.69 bits per heavy atom. The van der Waals surface area contributed by atoms with E-state index in [-0.39, 0.29) is 28.3 Å². The van der Waals surface area contributed by atoms with E-state index in [1.807, 2.05) is 0 Å². The standard InChI is InChI=1S/C21H27NO6S/c1-22(27-2)29(25,26)18-5-3-4-17(9-18)20(24)28-13-19(23)21-10-14-6-15(11-21)8-16(7-14)12-21/h3-5,9,14-16H,6-8,10-13H2,1-2H3. The van der Waals surface area contributed by atoms with Gasteiger partial charge in [-0.25, -0.2) is 13.2 Å². The fourth-order valence-electron chi connectivity index (χ4n) is 5.85. The molecule has 0 unspecified atom stereocenters. The minimum Gasteiger partial charge on any atom is -0.454 e. The largest absolute Gasteiger partial charge is 0.454 e. The lowest BCUT2D eigenvalue weighted by Crippen LogP contribution is -2.51. The van der Waals surface area contributed by atoms with E-state index in [1.165, 1.54) is 57.7 Å². The molecule has 8 heteroatoms. The third kappa shape index (κ3) is 3.73. The first-order valence-corrected chi connectivity index (χ1v) is 11.5. The Labute approximate surface area is 171 Å². The maximum absolute atomic E-state index is 13.0. The fourth-order valence-corrected chi connectivity index (χ4v) is 6.87. The molecule has 0 N–H and O–H groups in total. The minimum atomic E-state index is -3.87. The number of esters is 1. The van der Waals surface area contributed by atoms with E-state index in [2.05, 4.69) is 0 Å². The maximum Gasteiger partial charge on any atom is 0.338 e. The van der Waals surface area contributed by atoms with Gasteiger partial charge in [-0.1, -0.05) is 10.5 Å². The third-order valence-electron chi connectivity index (χ3n) is 6.93. The van der Waals surface area contributed by atoms with E-state index < -0.39 is 16.0 Å². The summed E-state index contributed by atoms with van der Waals surface area (Å²) in [6.07, 6.45) is 6.49. The fraction of sp³-hybridized carbons (Fsp3) is 0.619. The van der Waals surface area contributed by atoms with Gasteiger partial charge in [-0.15, -0.1) is 0 Å². The van der Waals surface area contributed by atoms with Crippen LogP contribution in [0.1, 0.15) is 48.9 Å². The molecule has 0 aromatic heterocycles. The Morgan fingerprint density at radius 1 is 1.10 bits per heavy atom. The molecule has 4 saturated carbocycles. The van der Waals surface area contributed by atoms with Crippen LogP contribution >= 0.6 is 0 Å². The molecule has 1 aromatic rings. The van der Waals surface area contributed by atoms with Crippen LogP contribution in [0.2, 0.25) is 0 Å². The van der Waals surface area contributed by atoms with Crippen LogP contribution in [0.15, 0.2) is 29.2 Å². The topological polar surface area (TPSA) is 90.0 Å². The van der Waals surface area contributed by atoms with Crippen LogP contribution in [0.5, 0.6) is 0 Å². The molecule has 4 aliphatic carbocycles. The number of rotatable bonds is 7. The molecule has 29 heavy (non-hydrogen) atoms. The zero-order valence-corrected chi connectivity index (χ0v) is 17.6. The molecule has 0 heterocycles. The molecule has 1 aromatic carbocycles. The minimum absolute atomic E-state index is 0.0212. The number of benzene rings is 1. The first kappa shape index (κ1) is 20.5. The Hall–Kier alpha value is -1.77. The summed E-state index contributed by atoms with van der Waals surface area (Å²) in [5.41, 5.74) is -0.226. The van der Waals surface area contributed by atoms with E-state index in [9.17, 15) is 18.0 Å². The first-order chi connectivity index (χ1) is 13.7. The van der Waals surface area contributed by atoms with E-state index in [4.69, 9.17) is 9.57 Å². The highest BCUT2D eigenvalue weighted by Crippen LogP contribution is 2.60. The average molecular weight is 422 g/mol. The molecule has 158 valence electrons. The summed E-state index contributed by atoms with van der Waals surface area (Å²) < 4.78 is 30.7. The lowest BCUT2D eigenvalue weighted by atomic mass is 9.48. The molecular weight excluding hydrogens is 394 g/mol. The van der Waals surface area contributed by atoms with Crippen LogP contribution in [-0.2, 0) is 24.4 Å². The second kappa shape index (κ2) is 7.49. The smallest absolute Gasteiger partial charge is 0.338 e. The molecule has 4 fully saturated rings. The predicted molar refractivity (Wildman–Crippen MR) is 104 cm³/mol. The van der Waals surface area contributed by atoms with Gasteiger partial charge in [0, 0.05) is 12.5 Å². The van der Waals surface area contributed by atoms with E-state index in [1.54, 1.807) is 0 Å². The van der Waals surface area contributed by atoms with Crippen molar-refractivity contribution in [2.45, 2.75) is 43.4 Å². The summed E-state index contributed by atoms with van der Waals surface area (Å²) in [4.78, 5) is 30.1. The lowest BCUT2D eigenvalue weighted by Gasteiger charge is -2.55. The highest BCUT2D eigenvalue weighted by atomic mass is 32.2. The number of hydroxylamine groups is 1. The van der Waals surface area contributed by atoms with Crippen molar-refractivity contribution in [3.63, 3.8) is 0 Å². The molecular formula is C21H27NO6S. The van der Waals surface area contributed by atoms with Crippen LogP contribution in [-0.4, -0.2) is 45.4 Å². The molecule has 0 saturated heterocycles. The van der Waals surface area contributed by atoms with Gasteiger partial charge in [-0.05, 0) is 74.5 Å². The second-order valence-electron chi connectivity index (χ2n) is 8.82. The third-order valence-corrected chi connectivity index (χ3v) is 8.60. The Balaban J connectivity index is 1.43. The van der Waals surface area contributed by atoms with Crippen molar-refractivity contribution in [1.29, 1.82) is 0 Å². The number of hydrogen-bond acceptors (Lipinski definition) is 6. The van der Waals surface area contributed by atoms with Crippen molar-refractivity contribution in [1.82, 2.24) is 4.47 Å². The van der Waals surface area contributed by atoms with Gasteiger partial charge in [-0.3, -0.25) is 9.63 Å². The summed E-state index contributed by atoms with van der Waals surface area (Å²) in [5, 5.41) is 0. The maximum atomic E-state index is 13.0. The van der Waals surface area contributed by atoms with E-state index in [0.29, 0.717) is 22.2 Å². The number of ether oxygens (including phenoxy) is 1. The SMILES string of the molecule is CON(C)S(=O)(=O)c1cccc(C(=O)OCC(=O)C23CC4CC(CC(C4)C2)C3)c1. The number of carbonyl (C=O) groups is 2. The summed E-state index contributed by atoms with van der Waals surface area (Å²) >= 11 is 0. The number of sulfonamides is 1. The van der Waals surface area contributed by atoms with Gasteiger partial charge in [0.15, 0.2) is 12.4 Å². The van der Waals surface area contributed by atoms with Crippen molar-refractivity contribution in [2.75, 3.05) is 20.8 Å². The summed E-state index contributed by atoms with van der Waals surface area (Å²) in [5.74, 6) is 1.25. The van der Waals surface area contributed by atoms with Crippen molar-refractivity contribution in [3.8, 4) is 0 Å². The zero-order chi connectivity index (χ0) is 20.8. The number of ketones is 1. The van der Waals surface area contributed by atoms with Crippen LogP contribution in [0.3, 0.4) is 0 Å². The van der Waals surface area contributed by atoms with Gasteiger partial charge in [0.25, 0.3) is 10.0 Å². The molecule has 0 radical (unpaired) electrons. The average Bonchev–Trinajstić information content (AvgIpc) is 2.70. The quantitative estimate of drug-likeness (QED) is 0.497. The molecule has 4 aliphatic rings. The number of nitrogens with zero attached hydrogens (tertiary/aromatic N) is 1. The second-order valence-corrected chi connectivity index (χ2v) is 10.8. The molecule has 0 amide bonds. The lowest BCUT2D eigenvalue weighted by molar-refractivity contribution is -0.147. The molecule has 0 aliphatic heterocycles. The van der Waals surface area contributed by atoms with Crippen molar-refractivity contribution < 1.29 is 27.6 Å². The number of hydrogen-bond donors (Lipinski definition) is 0. The Kier molecular flexibility index (Phi) is 5.29. The molecule has 5 rings (SSSR count). The molecule has 0 atom stereocenters. The van der Waals surface area contributed by atoms with Gasteiger partial charge >= 0.3 is 5.97 Å². The van der Waals surface area contributed by atoms with Crippen LogP contribution in [0.25, 0.3) is 0 Å². The van der Waals surface area contributed by atoms with Crippen LogP contribution in [0.4, 0.5) is 0 Å². The van der Waals surface area contributed by atoms with Crippen molar-refractivity contribution >= 4 is 21.8 Å². The molecule has 7 nitrogen and oxygen atoms in total. The normalized spacial score (nSPS) is 30.5. The molecule has 4 bridgehead atoms. The van der Waals surface area contributed by atoms with Crippen LogP contribution < -0.4 is 0 Å². The predicted octanol–water partition coefficient (Wildman–Crippen LogP) is 2.81. The number of carbonyl (C=O) groups excluding carboxylic acids is 2. The monoisotopic (exact) mass is 421 g/mol. The summed E-state index contributed by atoms with van der Waals surface area (Å²) in [6, 6.07) is 5.56. The van der Waals surface area contributed by atoms with Crippen LogP contribution in [0, 0.1) is 23.2 Å². The Morgan fingerprint density at radius 3 is 2.24 bits per heavy atom.